The molecule has 1 aliphatic rings. The molecule has 3 N–H and O–H groups in total. The van der Waals surface area contributed by atoms with Gasteiger partial charge in [-0.2, -0.15) is 11.8 Å². The fourth-order valence-corrected chi connectivity index (χ4v) is 2.91. The van der Waals surface area contributed by atoms with Crippen molar-refractivity contribution in [2.24, 2.45) is 5.73 Å². The lowest BCUT2D eigenvalue weighted by Gasteiger charge is -2.18. The Morgan fingerprint density at radius 1 is 1.24 bits per heavy atom. The summed E-state index contributed by atoms with van der Waals surface area (Å²) in [6.07, 6.45) is 2.24. The predicted molar refractivity (Wildman–Crippen MR) is 92.3 cm³/mol. The van der Waals surface area contributed by atoms with Crippen LogP contribution in [0.5, 0.6) is 0 Å². The molecule has 0 saturated carbocycles. The van der Waals surface area contributed by atoms with Gasteiger partial charge in [0.25, 0.3) is 11.8 Å². The average Bonchev–Trinajstić information content (AvgIpc) is 2.83. The lowest BCUT2D eigenvalue weighted by Crippen LogP contribution is -2.45. The molecule has 8 nitrogen and oxygen atoms in total. The van der Waals surface area contributed by atoms with E-state index in [4.69, 9.17) is 10.5 Å². The number of urea groups is 1. The van der Waals surface area contributed by atoms with E-state index in [9.17, 15) is 19.2 Å². The predicted octanol–water partition coefficient (Wildman–Crippen LogP) is 0.616. The Balaban J connectivity index is 1.89. The Kier molecular flexibility index (Phi) is 6.40. The van der Waals surface area contributed by atoms with Crippen LogP contribution in [0.1, 0.15) is 27.1 Å². The third-order valence-electron chi connectivity index (χ3n) is 3.65. The molecule has 0 spiro atoms. The number of carbonyl (C=O) groups is 4. The molecular weight excluding hydrogens is 346 g/mol. The highest BCUT2D eigenvalue weighted by Gasteiger charge is 2.35. The number of fused-ring (bicyclic) bond motifs is 1. The molecule has 1 aromatic carbocycles. The van der Waals surface area contributed by atoms with Gasteiger partial charge in [-0.25, -0.2) is 9.59 Å². The van der Waals surface area contributed by atoms with Gasteiger partial charge < -0.3 is 15.8 Å². The van der Waals surface area contributed by atoms with Gasteiger partial charge in [-0.1, -0.05) is 12.1 Å². The summed E-state index contributed by atoms with van der Waals surface area (Å²) in [4.78, 5) is 48.4. The minimum atomic E-state index is -0.855. The monoisotopic (exact) mass is 365 g/mol. The first-order valence-corrected chi connectivity index (χ1v) is 9.02. The highest BCUT2D eigenvalue weighted by atomic mass is 32.2. The fourth-order valence-electron chi connectivity index (χ4n) is 2.44. The van der Waals surface area contributed by atoms with Crippen molar-refractivity contribution in [1.82, 2.24) is 10.2 Å². The van der Waals surface area contributed by atoms with Crippen LogP contribution in [-0.2, 0) is 9.53 Å². The van der Waals surface area contributed by atoms with Gasteiger partial charge >= 0.3 is 12.0 Å². The number of nitrogens with two attached hydrogens (primary N) is 1. The molecule has 1 aliphatic heterocycles. The number of nitrogens with zero attached hydrogens (tertiary/aromatic N) is 1. The fraction of sp³-hybridized carbons (Fsp3) is 0.375. The van der Waals surface area contributed by atoms with Crippen LogP contribution < -0.4 is 11.1 Å². The molecule has 4 amide bonds. The second kappa shape index (κ2) is 8.52. The topological polar surface area (TPSA) is 119 Å². The van der Waals surface area contributed by atoms with E-state index in [-0.39, 0.29) is 13.2 Å². The van der Waals surface area contributed by atoms with Gasteiger partial charge in [0.05, 0.1) is 17.7 Å². The lowest BCUT2D eigenvalue weighted by molar-refractivity contribution is -0.146. The zero-order valence-corrected chi connectivity index (χ0v) is 14.5. The van der Waals surface area contributed by atoms with Gasteiger partial charge in [-0.3, -0.25) is 14.5 Å². The number of imide groups is 1. The molecule has 1 atom stereocenters. The lowest BCUT2D eigenvalue weighted by atomic mass is 10.1. The van der Waals surface area contributed by atoms with Crippen molar-refractivity contribution in [1.29, 1.82) is 0 Å². The second-order valence-electron chi connectivity index (χ2n) is 5.32. The van der Waals surface area contributed by atoms with E-state index in [1.165, 1.54) is 11.8 Å². The zero-order valence-electron chi connectivity index (χ0n) is 13.7. The number of amides is 4. The van der Waals surface area contributed by atoms with E-state index in [1.54, 1.807) is 24.3 Å². The molecule has 0 bridgehead atoms. The van der Waals surface area contributed by atoms with Crippen molar-refractivity contribution in [2.45, 2.75) is 12.5 Å². The van der Waals surface area contributed by atoms with Crippen LogP contribution in [0.4, 0.5) is 4.79 Å². The van der Waals surface area contributed by atoms with Crippen molar-refractivity contribution < 1.29 is 23.9 Å². The molecule has 0 radical (unpaired) electrons. The zero-order chi connectivity index (χ0) is 18.4. The van der Waals surface area contributed by atoms with Gasteiger partial charge in [0, 0.05) is 0 Å². The summed E-state index contributed by atoms with van der Waals surface area (Å²) in [6.45, 7) is -0.204. The van der Waals surface area contributed by atoms with Crippen LogP contribution in [0.15, 0.2) is 24.3 Å². The van der Waals surface area contributed by atoms with E-state index < -0.39 is 29.9 Å². The summed E-state index contributed by atoms with van der Waals surface area (Å²) in [5.74, 6) is -0.834. The van der Waals surface area contributed by atoms with E-state index in [0.717, 1.165) is 4.90 Å². The Morgan fingerprint density at radius 2 is 1.84 bits per heavy atom. The average molecular weight is 365 g/mol. The van der Waals surface area contributed by atoms with Crippen molar-refractivity contribution >= 4 is 35.6 Å². The standard InChI is InChI=1S/C16H19N3O5S/c1-25-9-6-12(18-16(17)23)15(22)24-8-7-19-13(20)10-4-2-3-5-11(10)14(19)21/h2-5,12H,6-9H2,1H3,(H3,17,18,23)/t12-/m0/s1. The summed E-state index contributed by atoms with van der Waals surface area (Å²) in [5, 5.41) is 2.33. The first kappa shape index (κ1) is 18.8. The van der Waals surface area contributed by atoms with Crippen LogP contribution in [0.25, 0.3) is 0 Å². The van der Waals surface area contributed by atoms with Crippen molar-refractivity contribution in [3.8, 4) is 0 Å². The molecule has 0 aromatic heterocycles. The quantitative estimate of drug-likeness (QED) is 0.515. The second-order valence-corrected chi connectivity index (χ2v) is 6.30. The van der Waals surface area contributed by atoms with Crippen LogP contribution >= 0.6 is 11.8 Å². The highest BCUT2D eigenvalue weighted by Crippen LogP contribution is 2.21. The SMILES string of the molecule is CSCC[C@H](NC(N)=O)C(=O)OCCN1C(=O)c2ccccc2C1=O. The van der Waals surface area contributed by atoms with Crippen molar-refractivity contribution in [3.63, 3.8) is 0 Å². The number of benzene rings is 1. The molecule has 25 heavy (non-hydrogen) atoms. The number of nitrogens with one attached hydrogen (secondary N) is 1. The molecule has 0 saturated heterocycles. The Morgan fingerprint density at radius 3 is 2.36 bits per heavy atom. The molecule has 134 valence electrons. The molecule has 1 aromatic rings. The van der Waals surface area contributed by atoms with E-state index >= 15 is 0 Å². The van der Waals surface area contributed by atoms with Crippen LogP contribution in [-0.4, -0.2) is 59.9 Å². The maximum Gasteiger partial charge on any atom is 0.328 e. The first-order chi connectivity index (χ1) is 12.0. The van der Waals surface area contributed by atoms with E-state index in [2.05, 4.69) is 5.32 Å². The van der Waals surface area contributed by atoms with Gasteiger partial charge in [-0.15, -0.1) is 0 Å². The van der Waals surface area contributed by atoms with Gasteiger partial charge in [0.15, 0.2) is 0 Å². The number of hydrogen-bond acceptors (Lipinski definition) is 6. The van der Waals surface area contributed by atoms with Crippen LogP contribution in [0.2, 0.25) is 0 Å². The minimum Gasteiger partial charge on any atom is -0.462 e. The smallest absolute Gasteiger partial charge is 0.328 e. The largest absolute Gasteiger partial charge is 0.462 e. The Hall–Kier alpha value is -2.55. The van der Waals surface area contributed by atoms with Crippen LogP contribution in [0, 0.1) is 0 Å². The number of primary amides is 1. The van der Waals surface area contributed by atoms with Crippen LogP contribution in [0.3, 0.4) is 0 Å². The summed E-state index contributed by atoms with van der Waals surface area (Å²) in [6, 6.07) is 4.85. The summed E-state index contributed by atoms with van der Waals surface area (Å²) in [7, 11) is 0. The van der Waals surface area contributed by atoms with Gasteiger partial charge in [0.2, 0.25) is 0 Å². The van der Waals surface area contributed by atoms with Crippen molar-refractivity contribution in [2.75, 3.05) is 25.2 Å². The Bertz CT molecular complexity index is 659. The molecule has 0 fully saturated rings. The number of hydrogen-bond donors (Lipinski definition) is 2. The number of thioether (sulfide) groups is 1. The number of ether oxygens (including phenoxy) is 1. The van der Waals surface area contributed by atoms with Crippen molar-refractivity contribution in [3.05, 3.63) is 35.4 Å². The Labute approximate surface area is 149 Å². The minimum absolute atomic E-state index is 0.0517. The van der Waals surface area contributed by atoms with Gasteiger partial charge in [0.1, 0.15) is 12.6 Å². The molecular formula is C16H19N3O5S. The third-order valence-corrected chi connectivity index (χ3v) is 4.29. The molecule has 2 rings (SSSR count). The first-order valence-electron chi connectivity index (χ1n) is 7.62. The third kappa shape index (κ3) is 4.50. The maximum absolute atomic E-state index is 12.2. The highest BCUT2D eigenvalue weighted by molar-refractivity contribution is 7.98. The summed E-state index contributed by atoms with van der Waals surface area (Å²) in [5.41, 5.74) is 5.73. The van der Waals surface area contributed by atoms with E-state index in [0.29, 0.717) is 23.3 Å². The normalized spacial score (nSPS) is 14.2. The summed E-state index contributed by atoms with van der Waals surface area (Å²) < 4.78 is 5.09. The molecule has 9 heteroatoms. The summed E-state index contributed by atoms with van der Waals surface area (Å²) >= 11 is 1.51. The number of rotatable bonds is 8. The van der Waals surface area contributed by atoms with Gasteiger partial charge in [-0.05, 0) is 30.6 Å². The molecule has 1 heterocycles. The number of carbonyl (C=O) groups excluding carboxylic acids is 4. The maximum atomic E-state index is 12.2. The number of esters is 1. The molecule has 0 aliphatic carbocycles. The van der Waals surface area contributed by atoms with E-state index in [1.807, 2.05) is 6.26 Å². The molecule has 0 unspecified atom stereocenters.